The van der Waals surface area contributed by atoms with E-state index >= 15 is 0 Å². The average Bonchev–Trinajstić information content (AvgIpc) is 3.13. The summed E-state index contributed by atoms with van der Waals surface area (Å²) >= 11 is 13.8. The van der Waals surface area contributed by atoms with Gasteiger partial charge < -0.3 is 24.8 Å². The molecule has 0 radical (unpaired) electrons. The molecule has 0 saturated heterocycles. The van der Waals surface area contributed by atoms with Crippen molar-refractivity contribution in [1.82, 2.24) is 9.88 Å². The standard InChI is InChI=1S/C25H21Cl2N3O4S/c26-17-3-1-14(9-18(17)27)22(30-8-5-16(31)12-30)21-11-28-24(35-21)29-23(32)25(6-7-25)15-2-4-19-20(10-15)34-13-33-19/h1-4,9-12,22,31H,5-8,13H2,(H,28,29,32)/t22-/m0/s1. The van der Waals surface area contributed by atoms with E-state index in [1.165, 1.54) is 11.3 Å². The zero-order valence-electron chi connectivity index (χ0n) is 18.5. The second kappa shape index (κ2) is 8.62. The number of nitrogens with one attached hydrogen (secondary N) is 1. The molecule has 0 spiro atoms. The molecule has 10 heteroatoms. The maximum atomic E-state index is 13.3. The lowest BCUT2D eigenvalue weighted by Gasteiger charge is -2.27. The number of aliphatic hydroxyl groups excluding tert-OH is 1. The first-order valence-electron chi connectivity index (χ1n) is 11.2. The molecule has 1 atom stereocenters. The quantitative estimate of drug-likeness (QED) is 0.404. The largest absolute Gasteiger partial charge is 0.511 e. The van der Waals surface area contributed by atoms with Gasteiger partial charge in [0.25, 0.3) is 0 Å². The monoisotopic (exact) mass is 529 g/mol. The molecule has 6 rings (SSSR count). The minimum Gasteiger partial charge on any atom is -0.511 e. The van der Waals surface area contributed by atoms with Gasteiger partial charge in [0.05, 0.1) is 26.4 Å². The number of hydrogen-bond acceptors (Lipinski definition) is 7. The number of benzene rings is 2. The number of rotatable bonds is 6. The van der Waals surface area contributed by atoms with Crippen LogP contribution in [0.5, 0.6) is 11.5 Å². The maximum absolute atomic E-state index is 13.3. The molecule has 0 unspecified atom stereocenters. The Balaban J connectivity index is 1.26. The molecule has 2 N–H and O–H groups in total. The lowest BCUT2D eigenvalue weighted by atomic mass is 9.94. The Kier molecular flexibility index (Phi) is 5.55. The fourth-order valence-electron chi connectivity index (χ4n) is 4.62. The number of nitrogens with zero attached hydrogens (tertiary/aromatic N) is 2. The average molecular weight is 530 g/mol. The molecule has 3 heterocycles. The van der Waals surface area contributed by atoms with Crippen molar-refractivity contribution < 1.29 is 19.4 Å². The first-order valence-corrected chi connectivity index (χ1v) is 12.8. The van der Waals surface area contributed by atoms with Gasteiger partial charge in [-0.1, -0.05) is 46.7 Å². The van der Waals surface area contributed by atoms with Gasteiger partial charge in [-0.05, 0) is 48.2 Å². The predicted molar refractivity (Wildman–Crippen MR) is 135 cm³/mol. The molecule has 2 aliphatic heterocycles. The fourth-order valence-corrected chi connectivity index (χ4v) is 5.89. The Morgan fingerprint density at radius 3 is 2.71 bits per heavy atom. The number of anilines is 1. The number of amides is 1. The van der Waals surface area contributed by atoms with Crippen LogP contribution < -0.4 is 14.8 Å². The minimum absolute atomic E-state index is 0.0814. The van der Waals surface area contributed by atoms with Crippen molar-refractivity contribution in [2.45, 2.75) is 30.7 Å². The smallest absolute Gasteiger partial charge is 0.236 e. The molecule has 3 aliphatic rings. The van der Waals surface area contributed by atoms with E-state index in [0.717, 1.165) is 28.8 Å². The fraction of sp³-hybridized carbons (Fsp3) is 0.280. The molecule has 0 bridgehead atoms. The Hall–Kier alpha value is -2.94. The van der Waals surface area contributed by atoms with E-state index in [-0.39, 0.29) is 18.7 Å². The number of hydrogen-bond donors (Lipinski definition) is 2. The second-order valence-corrected chi connectivity index (χ2v) is 10.7. The SMILES string of the molecule is O=C(Nc1ncc([C@H](c2ccc(Cl)c(Cl)c2)N2C=C(O)CC2)s1)C1(c2ccc3c(c2)OCO3)CC1. The van der Waals surface area contributed by atoms with Crippen LogP contribution in [0, 0.1) is 0 Å². The van der Waals surface area contributed by atoms with E-state index in [1.54, 1.807) is 18.5 Å². The van der Waals surface area contributed by atoms with Crippen molar-refractivity contribution >= 4 is 45.6 Å². The highest BCUT2D eigenvalue weighted by molar-refractivity contribution is 7.15. The summed E-state index contributed by atoms with van der Waals surface area (Å²) in [4.78, 5) is 20.8. The third-order valence-electron chi connectivity index (χ3n) is 6.66. The van der Waals surface area contributed by atoms with Crippen LogP contribution in [-0.4, -0.2) is 34.2 Å². The predicted octanol–water partition coefficient (Wildman–Crippen LogP) is 6.04. The van der Waals surface area contributed by atoms with Gasteiger partial charge in [-0.2, -0.15) is 0 Å². The number of aromatic nitrogens is 1. The van der Waals surface area contributed by atoms with Crippen LogP contribution in [0.3, 0.4) is 0 Å². The third kappa shape index (κ3) is 4.09. The van der Waals surface area contributed by atoms with Crippen molar-refractivity contribution in [3.63, 3.8) is 0 Å². The highest BCUT2D eigenvalue weighted by Gasteiger charge is 2.52. The van der Waals surface area contributed by atoms with Gasteiger partial charge in [-0.15, -0.1) is 0 Å². The second-order valence-electron chi connectivity index (χ2n) is 8.86. The highest BCUT2D eigenvalue weighted by Crippen LogP contribution is 2.51. The number of carbonyl (C=O) groups excluding carboxylic acids is 1. The lowest BCUT2D eigenvalue weighted by Crippen LogP contribution is -2.27. The summed E-state index contributed by atoms with van der Waals surface area (Å²) in [6.45, 7) is 0.855. The van der Waals surface area contributed by atoms with Crippen LogP contribution in [0.15, 0.2) is 54.6 Å². The van der Waals surface area contributed by atoms with Gasteiger partial charge in [-0.3, -0.25) is 4.79 Å². The number of carbonyl (C=O) groups is 1. The van der Waals surface area contributed by atoms with Crippen molar-refractivity contribution in [3.05, 3.63) is 80.6 Å². The molecule has 180 valence electrons. The number of aliphatic hydroxyl groups is 1. The van der Waals surface area contributed by atoms with E-state index < -0.39 is 5.41 Å². The van der Waals surface area contributed by atoms with Crippen molar-refractivity contribution in [1.29, 1.82) is 0 Å². The van der Waals surface area contributed by atoms with Crippen LogP contribution in [0.4, 0.5) is 5.13 Å². The molecular formula is C25H21Cl2N3O4S. The molecule has 1 aromatic heterocycles. The maximum Gasteiger partial charge on any atom is 0.236 e. The highest BCUT2D eigenvalue weighted by atomic mass is 35.5. The van der Waals surface area contributed by atoms with Crippen LogP contribution in [0.25, 0.3) is 0 Å². The van der Waals surface area contributed by atoms with E-state index in [0.29, 0.717) is 45.4 Å². The summed E-state index contributed by atoms with van der Waals surface area (Å²) in [6, 6.07) is 11.0. The van der Waals surface area contributed by atoms with Gasteiger partial charge in [0, 0.05) is 25.4 Å². The van der Waals surface area contributed by atoms with Gasteiger partial charge in [0.1, 0.15) is 5.76 Å². The van der Waals surface area contributed by atoms with E-state index in [1.807, 2.05) is 35.2 Å². The molecule has 1 aliphatic carbocycles. The Bertz CT molecular complexity index is 1350. The molecule has 7 nitrogen and oxygen atoms in total. The zero-order valence-corrected chi connectivity index (χ0v) is 20.8. The normalized spacial score (nSPS) is 18.3. The Morgan fingerprint density at radius 2 is 1.97 bits per heavy atom. The van der Waals surface area contributed by atoms with Crippen molar-refractivity contribution in [3.8, 4) is 11.5 Å². The van der Waals surface area contributed by atoms with Gasteiger partial charge in [0.2, 0.25) is 12.7 Å². The first-order chi connectivity index (χ1) is 16.9. The number of ether oxygens (including phenoxy) is 2. The van der Waals surface area contributed by atoms with Gasteiger partial charge in [-0.25, -0.2) is 4.98 Å². The Labute approximate surface area is 215 Å². The number of halogens is 2. The summed E-state index contributed by atoms with van der Waals surface area (Å²) in [6.07, 6.45) is 5.60. The topological polar surface area (TPSA) is 83.9 Å². The van der Waals surface area contributed by atoms with E-state index in [2.05, 4.69) is 10.3 Å². The van der Waals surface area contributed by atoms with Crippen molar-refractivity contribution in [2.24, 2.45) is 0 Å². The molecule has 1 amide bonds. The van der Waals surface area contributed by atoms with Crippen LogP contribution in [0.1, 0.15) is 41.3 Å². The van der Waals surface area contributed by atoms with Crippen LogP contribution in [0.2, 0.25) is 10.0 Å². The number of thiazole rings is 1. The summed E-state index contributed by atoms with van der Waals surface area (Å²) in [5.41, 5.74) is 1.26. The van der Waals surface area contributed by atoms with E-state index in [4.69, 9.17) is 32.7 Å². The van der Waals surface area contributed by atoms with Crippen LogP contribution >= 0.6 is 34.5 Å². The molecular weight excluding hydrogens is 509 g/mol. The van der Waals surface area contributed by atoms with E-state index in [9.17, 15) is 9.90 Å². The van der Waals surface area contributed by atoms with Crippen molar-refractivity contribution in [2.75, 3.05) is 18.7 Å². The zero-order chi connectivity index (χ0) is 24.2. The summed E-state index contributed by atoms with van der Waals surface area (Å²) in [5.74, 6) is 1.61. The molecule has 3 aromatic rings. The third-order valence-corrected chi connectivity index (χ3v) is 8.36. The molecule has 1 fully saturated rings. The van der Waals surface area contributed by atoms with Crippen LogP contribution in [-0.2, 0) is 10.2 Å². The Morgan fingerprint density at radius 1 is 1.14 bits per heavy atom. The molecule has 35 heavy (non-hydrogen) atoms. The molecule has 2 aromatic carbocycles. The first kappa shape index (κ1) is 22.5. The summed E-state index contributed by atoms with van der Waals surface area (Å²) < 4.78 is 10.9. The van der Waals surface area contributed by atoms with Gasteiger partial charge >= 0.3 is 0 Å². The minimum atomic E-state index is -0.584. The summed E-state index contributed by atoms with van der Waals surface area (Å²) in [5, 5.41) is 14.5. The lowest BCUT2D eigenvalue weighted by molar-refractivity contribution is -0.118. The van der Waals surface area contributed by atoms with Gasteiger partial charge in [0.15, 0.2) is 16.6 Å². The summed E-state index contributed by atoms with van der Waals surface area (Å²) in [7, 11) is 0. The number of fused-ring (bicyclic) bond motifs is 1. The molecule has 1 saturated carbocycles.